The average molecular weight is 435 g/mol. The summed E-state index contributed by atoms with van der Waals surface area (Å²) in [5.74, 6) is 1.37. The van der Waals surface area contributed by atoms with Crippen molar-refractivity contribution < 1.29 is 14.3 Å². The molecule has 1 aliphatic heterocycles. The van der Waals surface area contributed by atoms with Crippen LogP contribution in [-0.2, 0) is 16.0 Å². The van der Waals surface area contributed by atoms with E-state index in [1.807, 2.05) is 12.1 Å². The topological polar surface area (TPSA) is 58.6 Å². The van der Waals surface area contributed by atoms with E-state index in [1.54, 1.807) is 6.92 Å². The van der Waals surface area contributed by atoms with Gasteiger partial charge in [0.25, 0.3) is 5.91 Å². The van der Waals surface area contributed by atoms with Crippen molar-refractivity contribution in [2.75, 3.05) is 13.1 Å². The number of hydrogen-bond acceptors (Lipinski definition) is 3. The van der Waals surface area contributed by atoms with Gasteiger partial charge in [0, 0.05) is 19.0 Å². The molecule has 0 spiro atoms. The van der Waals surface area contributed by atoms with Crippen LogP contribution in [-0.4, -0.2) is 35.9 Å². The summed E-state index contributed by atoms with van der Waals surface area (Å²) < 4.78 is 6.02. The fourth-order valence-corrected chi connectivity index (χ4v) is 4.37. The molecule has 1 fully saturated rings. The minimum atomic E-state index is -0.586. The van der Waals surface area contributed by atoms with Crippen molar-refractivity contribution in [1.82, 2.24) is 10.2 Å². The van der Waals surface area contributed by atoms with Gasteiger partial charge in [0.2, 0.25) is 5.91 Å². The van der Waals surface area contributed by atoms with Gasteiger partial charge in [-0.05, 0) is 67.9 Å². The lowest BCUT2D eigenvalue weighted by Crippen LogP contribution is -2.41. The van der Waals surface area contributed by atoms with E-state index in [1.165, 1.54) is 11.1 Å². The van der Waals surface area contributed by atoms with E-state index < -0.39 is 6.10 Å². The minimum Gasteiger partial charge on any atom is -0.481 e. The number of amides is 2. The molecule has 2 atom stereocenters. The largest absolute Gasteiger partial charge is 0.481 e. The predicted octanol–water partition coefficient (Wildman–Crippen LogP) is 4.42. The summed E-state index contributed by atoms with van der Waals surface area (Å²) >= 11 is 0. The molecule has 4 rings (SSSR count). The number of hydrogen-bond donors (Lipinski definition) is 1. The standard InChI is InChI=1S/C27H34N2O3/c1-17(2)16-28-26(30)19(4)32-23-11-10-20-12-13-29(27(31)21-8-9-21)25(24(20)15-23)22-7-5-6-18(3)14-22/h5-7,10-11,14-15,17,19,21,25H,8-9,12-13,16H2,1-4H3,(H,28,30)/t19-,25-/m1/s1. The van der Waals surface area contributed by atoms with Gasteiger partial charge in [-0.3, -0.25) is 9.59 Å². The number of ether oxygens (including phenoxy) is 1. The molecule has 2 amide bonds. The summed E-state index contributed by atoms with van der Waals surface area (Å²) in [6, 6.07) is 14.3. The van der Waals surface area contributed by atoms with Crippen LogP contribution in [0.1, 0.15) is 61.9 Å². The zero-order valence-electron chi connectivity index (χ0n) is 19.6. The Hall–Kier alpha value is -2.82. The van der Waals surface area contributed by atoms with Crippen molar-refractivity contribution in [2.24, 2.45) is 11.8 Å². The molecular weight excluding hydrogens is 400 g/mol. The summed E-state index contributed by atoms with van der Waals surface area (Å²) in [4.78, 5) is 27.6. The third kappa shape index (κ3) is 4.98. The highest BCUT2D eigenvalue weighted by Crippen LogP contribution is 2.41. The minimum absolute atomic E-state index is 0.114. The highest BCUT2D eigenvalue weighted by Gasteiger charge is 2.39. The summed E-state index contributed by atoms with van der Waals surface area (Å²) in [6.07, 6.45) is 2.24. The average Bonchev–Trinajstić information content (AvgIpc) is 3.61. The highest BCUT2D eigenvalue weighted by atomic mass is 16.5. The van der Waals surface area contributed by atoms with Gasteiger partial charge in [-0.1, -0.05) is 49.7 Å². The lowest BCUT2D eigenvalue weighted by molar-refractivity contribution is -0.134. The first-order valence-corrected chi connectivity index (χ1v) is 11.8. The fraction of sp³-hybridized carbons (Fsp3) is 0.481. The molecule has 5 nitrogen and oxygen atoms in total. The van der Waals surface area contributed by atoms with Gasteiger partial charge in [-0.25, -0.2) is 0 Å². The highest BCUT2D eigenvalue weighted by molar-refractivity contribution is 5.82. The molecule has 2 aromatic carbocycles. The maximum Gasteiger partial charge on any atom is 0.260 e. The molecule has 2 aromatic rings. The van der Waals surface area contributed by atoms with E-state index in [4.69, 9.17) is 4.74 Å². The fourth-order valence-electron chi connectivity index (χ4n) is 4.37. The maximum atomic E-state index is 13.2. The molecule has 0 aromatic heterocycles. The Balaban J connectivity index is 1.63. The van der Waals surface area contributed by atoms with E-state index in [0.29, 0.717) is 18.2 Å². The zero-order chi connectivity index (χ0) is 22.8. The number of nitrogens with one attached hydrogen (secondary N) is 1. The van der Waals surface area contributed by atoms with Crippen molar-refractivity contribution in [2.45, 2.75) is 59.1 Å². The van der Waals surface area contributed by atoms with Crippen LogP contribution in [0.3, 0.4) is 0 Å². The van der Waals surface area contributed by atoms with Crippen molar-refractivity contribution >= 4 is 11.8 Å². The van der Waals surface area contributed by atoms with Gasteiger partial charge in [-0.2, -0.15) is 0 Å². The summed E-state index contributed by atoms with van der Waals surface area (Å²) in [7, 11) is 0. The van der Waals surface area contributed by atoms with Gasteiger partial charge in [0.15, 0.2) is 6.10 Å². The lowest BCUT2D eigenvalue weighted by atomic mass is 9.87. The van der Waals surface area contributed by atoms with Crippen molar-refractivity contribution in [1.29, 1.82) is 0 Å². The van der Waals surface area contributed by atoms with Gasteiger partial charge in [0.1, 0.15) is 5.75 Å². The molecule has 5 heteroatoms. The first-order valence-electron chi connectivity index (χ1n) is 11.8. The van der Waals surface area contributed by atoms with E-state index >= 15 is 0 Å². The molecular formula is C27H34N2O3. The second-order valence-electron chi connectivity index (χ2n) is 9.63. The van der Waals surface area contributed by atoms with Gasteiger partial charge < -0.3 is 15.0 Å². The van der Waals surface area contributed by atoms with Crippen LogP contribution in [0.15, 0.2) is 42.5 Å². The number of benzene rings is 2. The normalized spacial score (nSPS) is 18.8. The van der Waals surface area contributed by atoms with Gasteiger partial charge in [0.05, 0.1) is 6.04 Å². The molecule has 32 heavy (non-hydrogen) atoms. The number of rotatable bonds is 7. The Morgan fingerprint density at radius 2 is 1.91 bits per heavy atom. The van der Waals surface area contributed by atoms with Crippen LogP contribution in [0.4, 0.5) is 0 Å². The van der Waals surface area contributed by atoms with E-state index in [-0.39, 0.29) is 23.8 Å². The van der Waals surface area contributed by atoms with Crippen molar-refractivity contribution in [3.8, 4) is 5.75 Å². The van der Waals surface area contributed by atoms with E-state index in [9.17, 15) is 9.59 Å². The molecule has 1 aliphatic carbocycles. The quantitative estimate of drug-likeness (QED) is 0.702. The van der Waals surface area contributed by atoms with Crippen LogP contribution < -0.4 is 10.1 Å². The monoisotopic (exact) mass is 434 g/mol. The molecule has 0 radical (unpaired) electrons. The Kier molecular flexibility index (Phi) is 6.54. The second kappa shape index (κ2) is 9.35. The molecule has 1 heterocycles. The summed E-state index contributed by atoms with van der Waals surface area (Å²) in [5, 5.41) is 2.93. The molecule has 0 bridgehead atoms. The Bertz CT molecular complexity index is 996. The number of fused-ring (bicyclic) bond motifs is 1. The van der Waals surface area contributed by atoms with Crippen LogP contribution in [0.2, 0.25) is 0 Å². The molecule has 170 valence electrons. The van der Waals surface area contributed by atoms with Gasteiger partial charge in [-0.15, -0.1) is 0 Å². The Morgan fingerprint density at radius 3 is 2.59 bits per heavy atom. The number of carbonyl (C=O) groups is 2. The Morgan fingerprint density at radius 1 is 1.12 bits per heavy atom. The Labute approximate surface area is 191 Å². The maximum absolute atomic E-state index is 13.2. The molecule has 1 N–H and O–H groups in total. The third-order valence-electron chi connectivity index (χ3n) is 6.28. The summed E-state index contributed by atoms with van der Waals surface area (Å²) in [6.45, 7) is 9.34. The van der Waals surface area contributed by atoms with Crippen LogP contribution in [0.25, 0.3) is 0 Å². The summed E-state index contributed by atoms with van der Waals surface area (Å²) in [5.41, 5.74) is 4.64. The SMILES string of the molecule is Cc1cccc([C@@H]2c3cc(O[C@H](C)C(=O)NCC(C)C)ccc3CCN2C(=O)C2CC2)c1. The van der Waals surface area contributed by atoms with Crippen LogP contribution >= 0.6 is 0 Å². The first-order chi connectivity index (χ1) is 15.3. The second-order valence-corrected chi connectivity index (χ2v) is 9.63. The van der Waals surface area contributed by atoms with Crippen LogP contribution in [0.5, 0.6) is 5.75 Å². The number of carbonyl (C=O) groups excluding carboxylic acids is 2. The predicted molar refractivity (Wildman–Crippen MR) is 126 cm³/mol. The number of aryl methyl sites for hydroxylation is 1. The first kappa shape index (κ1) is 22.4. The molecule has 0 unspecified atom stereocenters. The third-order valence-corrected chi connectivity index (χ3v) is 6.28. The molecule has 0 saturated heterocycles. The van der Waals surface area contributed by atoms with Gasteiger partial charge >= 0.3 is 0 Å². The van der Waals surface area contributed by atoms with Crippen molar-refractivity contribution in [3.05, 3.63) is 64.7 Å². The number of nitrogens with zero attached hydrogens (tertiary/aromatic N) is 1. The smallest absolute Gasteiger partial charge is 0.260 e. The van der Waals surface area contributed by atoms with E-state index in [0.717, 1.165) is 36.9 Å². The lowest BCUT2D eigenvalue weighted by Gasteiger charge is -2.38. The molecule has 2 aliphatic rings. The van der Waals surface area contributed by atoms with Crippen molar-refractivity contribution in [3.63, 3.8) is 0 Å². The van der Waals surface area contributed by atoms with E-state index in [2.05, 4.69) is 61.3 Å². The zero-order valence-corrected chi connectivity index (χ0v) is 19.6. The van der Waals surface area contributed by atoms with Crippen LogP contribution in [0, 0.1) is 18.8 Å². The molecule has 1 saturated carbocycles.